The zero-order valence-corrected chi connectivity index (χ0v) is 12.0. The standard InChI is InChI=1S/C9H9Cl3F4O4/c10-9(11,12)4-20-6(18)2-1-5(17)19-3-8(15,16)7(13)14/h7H,1-4H2. The highest BCUT2D eigenvalue weighted by Crippen LogP contribution is 2.26. The molecule has 0 aromatic heterocycles. The molecule has 0 spiro atoms. The molecule has 0 radical (unpaired) electrons. The summed E-state index contributed by atoms with van der Waals surface area (Å²) in [5.41, 5.74) is 0. The van der Waals surface area contributed by atoms with Crippen molar-refractivity contribution in [3.63, 3.8) is 0 Å². The maximum Gasteiger partial charge on any atom is 0.340 e. The van der Waals surface area contributed by atoms with E-state index in [-0.39, 0.29) is 0 Å². The van der Waals surface area contributed by atoms with Crippen LogP contribution in [0.3, 0.4) is 0 Å². The van der Waals surface area contributed by atoms with Gasteiger partial charge in [-0.25, -0.2) is 8.78 Å². The smallest absolute Gasteiger partial charge is 0.340 e. The van der Waals surface area contributed by atoms with Gasteiger partial charge in [-0.1, -0.05) is 34.8 Å². The summed E-state index contributed by atoms with van der Waals surface area (Å²) in [4.78, 5) is 22.0. The zero-order valence-electron chi connectivity index (χ0n) is 9.68. The number of rotatable bonds is 7. The molecule has 0 bridgehead atoms. The molecule has 0 heterocycles. The van der Waals surface area contributed by atoms with E-state index in [1.807, 2.05) is 0 Å². The van der Waals surface area contributed by atoms with Crippen molar-refractivity contribution in [2.45, 2.75) is 29.0 Å². The van der Waals surface area contributed by atoms with Gasteiger partial charge in [0.05, 0.1) is 12.8 Å². The Bertz CT molecular complexity index is 347. The molecular formula is C9H9Cl3F4O4. The molecule has 0 unspecified atom stereocenters. The summed E-state index contributed by atoms with van der Waals surface area (Å²) in [6, 6.07) is 0. The highest BCUT2D eigenvalue weighted by Gasteiger charge is 2.42. The molecular weight excluding hydrogens is 354 g/mol. The second-order valence-corrected chi connectivity index (χ2v) is 6.01. The molecule has 118 valence electrons. The molecule has 0 aromatic carbocycles. The molecule has 0 rings (SSSR count). The summed E-state index contributed by atoms with van der Waals surface area (Å²) in [6.07, 6.45) is -5.11. The van der Waals surface area contributed by atoms with Gasteiger partial charge in [-0.15, -0.1) is 0 Å². The average Bonchev–Trinajstić information content (AvgIpc) is 2.30. The number of hydrogen-bond donors (Lipinski definition) is 0. The first-order valence-corrected chi connectivity index (χ1v) is 6.11. The van der Waals surface area contributed by atoms with E-state index in [1.54, 1.807) is 0 Å². The van der Waals surface area contributed by atoms with Crippen LogP contribution in [0.25, 0.3) is 0 Å². The third kappa shape index (κ3) is 9.44. The van der Waals surface area contributed by atoms with E-state index >= 15 is 0 Å². The molecule has 0 aliphatic heterocycles. The van der Waals surface area contributed by atoms with Gasteiger partial charge in [0.25, 0.3) is 0 Å². The minimum atomic E-state index is -4.44. The summed E-state index contributed by atoms with van der Waals surface area (Å²) >= 11 is 15.8. The first-order valence-electron chi connectivity index (χ1n) is 4.98. The summed E-state index contributed by atoms with van der Waals surface area (Å²) in [5.74, 6) is -6.63. The summed E-state index contributed by atoms with van der Waals surface area (Å²) < 4.78 is 54.8. The van der Waals surface area contributed by atoms with Crippen molar-refractivity contribution in [2.24, 2.45) is 0 Å². The Kier molecular flexibility index (Phi) is 7.90. The Morgan fingerprint density at radius 1 is 0.950 bits per heavy atom. The third-order valence-corrected chi connectivity index (χ3v) is 2.00. The van der Waals surface area contributed by atoms with Gasteiger partial charge in [-0.2, -0.15) is 8.78 Å². The number of alkyl halides is 7. The van der Waals surface area contributed by atoms with Crippen molar-refractivity contribution in [1.82, 2.24) is 0 Å². The number of esters is 2. The fourth-order valence-corrected chi connectivity index (χ4v) is 0.914. The average molecular weight is 364 g/mol. The van der Waals surface area contributed by atoms with Crippen LogP contribution in [-0.2, 0) is 19.1 Å². The lowest BCUT2D eigenvalue weighted by Crippen LogP contribution is -2.33. The van der Waals surface area contributed by atoms with E-state index in [0.717, 1.165) is 0 Å². The van der Waals surface area contributed by atoms with E-state index in [1.165, 1.54) is 0 Å². The Morgan fingerprint density at radius 2 is 1.35 bits per heavy atom. The van der Waals surface area contributed by atoms with Gasteiger partial charge in [-0.3, -0.25) is 9.59 Å². The first kappa shape index (κ1) is 19.5. The topological polar surface area (TPSA) is 52.6 Å². The molecule has 20 heavy (non-hydrogen) atoms. The van der Waals surface area contributed by atoms with Crippen molar-refractivity contribution in [3.8, 4) is 0 Å². The Balaban J connectivity index is 3.92. The van der Waals surface area contributed by atoms with Crippen LogP contribution in [0.4, 0.5) is 17.6 Å². The van der Waals surface area contributed by atoms with E-state index in [0.29, 0.717) is 0 Å². The van der Waals surface area contributed by atoms with Crippen LogP contribution in [0.1, 0.15) is 12.8 Å². The number of ether oxygens (including phenoxy) is 2. The minimum Gasteiger partial charge on any atom is -0.461 e. The van der Waals surface area contributed by atoms with Crippen molar-refractivity contribution in [1.29, 1.82) is 0 Å². The van der Waals surface area contributed by atoms with E-state index < -0.39 is 54.1 Å². The molecule has 0 N–H and O–H groups in total. The Morgan fingerprint density at radius 3 is 1.70 bits per heavy atom. The highest BCUT2D eigenvalue weighted by molar-refractivity contribution is 6.67. The lowest BCUT2D eigenvalue weighted by molar-refractivity contribution is -0.180. The quantitative estimate of drug-likeness (QED) is 0.396. The number of hydrogen-bond acceptors (Lipinski definition) is 4. The second-order valence-electron chi connectivity index (χ2n) is 3.50. The molecule has 0 aromatic rings. The fourth-order valence-electron chi connectivity index (χ4n) is 0.750. The predicted molar refractivity (Wildman–Crippen MR) is 62.4 cm³/mol. The van der Waals surface area contributed by atoms with Gasteiger partial charge in [-0.05, 0) is 0 Å². The largest absolute Gasteiger partial charge is 0.461 e. The Hall–Kier alpha value is -0.470. The number of carbonyl (C=O) groups is 2. The van der Waals surface area contributed by atoms with Crippen molar-refractivity contribution < 1.29 is 36.6 Å². The molecule has 0 saturated heterocycles. The van der Waals surface area contributed by atoms with Crippen LogP contribution in [-0.4, -0.2) is 41.3 Å². The lowest BCUT2D eigenvalue weighted by atomic mass is 10.3. The summed E-state index contributed by atoms with van der Waals surface area (Å²) in [5, 5.41) is 0. The van der Waals surface area contributed by atoms with Gasteiger partial charge in [0, 0.05) is 0 Å². The van der Waals surface area contributed by atoms with Crippen LogP contribution < -0.4 is 0 Å². The maximum atomic E-state index is 12.4. The van der Waals surface area contributed by atoms with Gasteiger partial charge >= 0.3 is 24.3 Å². The Labute approximate surface area is 126 Å². The van der Waals surface area contributed by atoms with E-state index in [2.05, 4.69) is 9.47 Å². The van der Waals surface area contributed by atoms with Gasteiger partial charge in [0.2, 0.25) is 3.79 Å². The van der Waals surface area contributed by atoms with Crippen molar-refractivity contribution >= 4 is 46.7 Å². The van der Waals surface area contributed by atoms with Crippen LogP contribution in [0.5, 0.6) is 0 Å². The second kappa shape index (κ2) is 8.09. The zero-order chi connectivity index (χ0) is 16.0. The molecule has 0 aliphatic carbocycles. The van der Waals surface area contributed by atoms with Crippen LogP contribution in [0.15, 0.2) is 0 Å². The van der Waals surface area contributed by atoms with E-state index in [4.69, 9.17) is 34.8 Å². The molecule has 0 atom stereocenters. The minimum absolute atomic E-state index is 0.528. The molecule has 11 heteroatoms. The maximum absolute atomic E-state index is 12.4. The summed E-state index contributed by atoms with van der Waals surface area (Å²) in [7, 11) is 0. The SMILES string of the molecule is O=C(CCC(=O)OCC(F)(F)C(F)F)OCC(Cl)(Cl)Cl. The monoisotopic (exact) mass is 362 g/mol. The predicted octanol–water partition coefficient (Wildman–Crippen LogP) is 3.12. The van der Waals surface area contributed by atoms with Gasteiger partial charge < -0.3 is 9.47 Å². The van der Waals surface area contributed by atoms with Gasteiger partial charge in [0.1, 0.15) is 6.61 Å². The molecule has 0 amide bonds. The lowest BCUT2D eigenvalue weighted by Gasteiger charge is -2.15. The van der Waals surface area contributed by atoms with E-state index in [9.17, 15) is 27.2 Å². The number of carbonyl (C=O) groups excluding carboxylic acids is 2. The van der Waals surface area contributed by atoms with Crippen LogP contribution in [0, 0.1) is 0 Å². The summed E-state index contributed by atoms with van der Waals surface area (Å²) in [6.45, 7) is -2.33. The van der Waals surface area contributed by atoms with Gasteiger partial charge in [0.15, 0.2) is 6.61 Å². The molecule has 4 nitrogen and oxygen atoms in total. The molecule has 0 saturated carbocycles. The molecule has 0 aliphatic rings. The highest BCUT2D eigenvalue weighted by atomic mass is 35.6. The van der Waals surface area contributed by atoms with Crippen molar-refractivity contribution in [3.05, 3.63) is 0 Å². The van der Waals surface area contributed by atoms with Crippen LogP contribution in [0.2, 0.25) is 0 Å². The number of halogens is 7. The molecule has 0 fully saturated rings. The third-order valence-electron chi connectivity index (χ3n) is 1.67. The van der Waals surface area contributed by atoms with Crippen LogP contribution >= 0.6 is 34.8 Å². The first-order chi connectivity index (χ1) is 8.94. The normalized spacial score (nSPS) is 12.4. The van der Waals surface area contributed by atoms with Crippen molar-refractivity contribution in [2.75, 3.05) is 13.2 Å². The fraction of sp³-hybridized carbons (Fsp3) is 0.778.